The van der Waals surface area contributed by atoms with E-state index in [1.807, 2.05) is 0 Å². The van der Waals surface area contributed by atoms with Crippen LogP contribution in [-0.2, 0) is 16.8 Å². The summed E-state index contributed by atoms with van der Waals surface area (Å²) in [4.78, 5) is 4.90. The second-order valence-corrected chi connectivity index (χ2v) is 6.63. The summed E-state index contributed by atoms with van der Waals surface area (Å²) >= 11 is 1.81. The van der Waals surface area contributed by atoms with Gasteiger partial charge in [-0.2, -0.15) is 0 Å². The lowest BCUT2D eigenvalue weighted by Crippen LogP contribution is -2.27. The number of hydrogen-bond acceptors (Lipinski definition) is 4. The number of ether oxygens (including phenoxy) is 1. The standard InChI is InChI=1S/C15H24N2OS/c1-2-18-15(7-3-4-8-15)14-17-13(11-19-14)10-12-6-5-9-16-12/h11-12,16H,2-10H2,1H3. The van der Waals surface area contributed by atoms with Crippen LogP contribution in [0.1, 0.15) is 56.2 Å². The number of nitrogens with zero attached hydrogens (tertiary/aromatic N) is 1. The molecule has 1 N–H and O–H groups in total. The van der Waals surface area contributed by atoms with Crippen molar-refractivity contribution in [2.75, 3.05) is 13.2 Å². The summed E-state index contributed by atoms with van der Waals surface area (Å²) in [5.74, 6) is 0. The minimum absolute atomic E-state index is 0.0548. The van der Waals surface area contributed by atoms with E-state index in [1.165, 1.54) is 42.9 Å². The molecule has 1 aliphatic heterocycles. The SMILES string of the molecule is CCOC1(c2nc(CC3CCCN3)cs2)CCCC1. The summed E-state index contributed by atoms with van der Waals surface area (Å²) < 4.78 is 6.09. The van der Waals surface area contributed by atoms with Crippen LogP contribution in [0.25, 0.3) is 0 Å². The van der Waals surface area contributed by atoms with Gasteiger partial charge in [0.2, 0.25) is 0 Å². The van der Waals surface area contributed by atoms with Crippen LogP contribution in [0.4, 0.5) is 0 Å². The van der Waals surface area contributed by atoms with Crippen LogP contribution in [0.3, 0.4) is 0 Å². The molecule has 0 radical (unpaired) electrons. The Hall–Kier alpha value is -0.450. The zero-order valence-corrected chi connectivity index (χ0v) is 12.6. The zero-order chi connectivity index (χ0) is 13.1. The predicted octanol–water partition coefficient (Wildman–Crippen LogP) is 3.24. The summed E-state index contributed by atoms with van der Waals surface area (Å²) in [5.41, 5.74) is 1.20. The molecule has 1 aromatic heterocycles. The molecule has 1 aromatic rings. The van der Waals surface area contributed by atoms with Crippen molar-refractivity contribution in [1.29, 1.82) is 0 Å². The maximum Gasteiger partial charge on any atom is 0.125 e. The molecule has 1 unspecified atom stereocenters. The number of rotatable bonds is 5. The fourth-order valence-electron chi connectivity index (χ4n) is 3.44. The van der Waals surface area contributed by atoms with Gasteiger partial charge >= 0.3 is 0 Å². The molecule has 106 valence electrons. The second-order valence-electron chi connectivity index (χ2n) is 5.78. The van der Waals surface area contributed by atoms with Gasteiger partial charge in [-0.1, -0.05) is 12.8 Å². The Morgan fingerprint density at radius 1 is 1.42 bits per heavy atom. The van der Waals surface area contributed by atoms with Gasteiger partial charge < -0.3 is 10.1 Å². The molecule has 1 saturated carbocycles. The zero-order valence-electron chi connectivity index (χ0n) is 11.8. The van der Waals surface area contributed by atoms with Gasteiger partial charge in [-0.15, -0.1) is 11.3 Å². The number of hydrogen-bond donors (Lipinski definition) is 1. The van der Waals surface area contributed by atoms with E-state index in [2.05, 4.69) is 17.6 Å². The van der Waals surface area contributed by atoms with E-state index in [0.29, 0.717) is 6.04 Å². The lowest BCUT2D eigenvalue weighted by atomic mass is 10.0. The van der Waals surface area contributed by atoms with E-state index in [4.69, 9.17) is 9.72 Å². The number of aromatic nitrogens is 1. The van der Waals surface area contributed by atoms with Crippen molar-refractivity contribution in [3.05, 3.63) is 16.1 Å². The van der Waals surface area contributed by atoms with Crippen molar-refractivity contribution < 1.29 is 4.74 Å². The Balaban J connectivity index is 1.71. The maximum atomic E-state index is 6.09. The van der Waals surface area contributed by atoms with E-state index in [9.17, 15) is 0 Å². The summed E-state index contributed by atoms with van der Waals surface area (Å²) in [6.45, 7) is 4.06. The normalized spacial score (nSPS) is 26.1. The smallest absolute Gasteiger partial charge is 0.125 e. The molecule has 3 rings (SSSR count). The van der Waals surface area contributed by atoms with Crippen molar-refractivity contribution in [2.45, 2.75) is 63.5 Å². The molecule has 0 bridgehead atoms. The van der Waals surface area contributed by atoms with E-state index in [0.717, 1.165) is 25.9 Å². The first kappa shape index (κ1) is 13.5. The Labute approximate surface area is 119 Å². The van der Waals surface area contributed by atoms with Gasteiger partial charge in [0.15, 0.2) is 0 Å². The molecule has 2 heterocycles. The van der Waals surface area contributed by atoms with Crippen LogP contribution in [0, 0.1) is 0 Å². The molecular formula is C15H24N2OS. The van der Waals surface area contributed by atoms with E-state index in [1.54, 1.807) is 11.3 Å². The monoisotopic (exact) mass is 280 g/mol. The Morgan fingerprint density at radius 3 is 2.95 bits per heavy atom. The summed E-state index contributed by atoms with van der Waals surface area (Å²) in [6.07, 6.45) is 8.54. The molecule has 19 heavy (non-hydrogen) atoms. The highest BCUT2D eigenvalue weighted by Crippen LogP contribution is 2.43. The second kappa shape index (κ2) is 5.90. The molecule has 4 heteroatoms. The van der Waals surface area contributed by atoms with Crippen LogP contribution in [0.5, 0.6) is 0 Å². The molecular weight excluding hydrogens is 256 g/mol. The van der Waals surface area contributed by atoms with Gasteiger partial charge in [0.25, 0.3) is 0 Å². The quantitative estimate of drug-likeness (QED) is 0.899. The third kappa shape index (κ3) is 2.86. The molecule has 1 aliphatic carbocycles. The minimum Gasteiger partial charge on any atom is -0.368 e. The van der Waals surface area contributed by atoms with Gasteiger partial charge in [-0.05, 0) is 39.2 Å². The maximum absolute atomic E-state index is 6.09. The van der Waals surface area contributed by atoms with Gasteiger partial charge in [-0.3, -0.25) is 0 Å². The Bertz CT molecular complexity index is 406. The molecule has 0 aromatic carbocycles. The topological polar surface area (TPSA) is 34.1 Å². The number of thiazole rings is 1. The highest BCUT2D eigenvalue weighted by Gasteiger charge is 2.39. The average molecular weight is 280 g/mol. The molecule has 3 nitrogen and oxygen atoms in total. The Morgan fingerprint density at radius 2 is 2.26 bits per heavy atom. The Kier molecular flexibility index (Phi) is 4.20. The van der Waals surface area contributed by atoms with E-state index < -0.39 is 0 Å². The van der Waals surface area contributed by atoms with Crippen LogP contribution in [0.2, 0.25) is 0 Å². The molecule has 1 saturated heterocycles. The molecule has 2 aliphatic rings. The molecule has 2 fully saturated rings. The van der Waals surface area contributed by atoms with Gasteiger partial charge in [0.05, 0.1) is 5.69 Å². The number of nitrogens with one attached hydrogen (secondary N) is 1. The third-order valence-corrected chi connectivity index (χ3v) is 5.47. The van der Waals surface area contributed by atoms with Gasteiger partial charge in [0.1, 0.15) is 10.6 Å². The highest BCUT2D eigenvalue weighted by molar-refractivity contribution is 7.09. The van der Waals surface area contributed by atoms with E-state index in [-0.39, 0.29) is 5.60 Å². The third-order valence-electron chi connectivity index (χ3n) is 4.39. The molecule has 0 spiro atoms. The highest BCUT2D eigenvalue weighted by atomic mass is 32.1. The average Bonchev–Trinajstić information content (AvgIpc) is 3.11. The fourth-order valence-corrected chi connectivity index (χ4v) is 4.48. The lowest BCUT2D eigenvalue weighted by Gasteiger charge is -2.26. The first-order valence-corrected chi connectivity index (χ1v) is 8.52. The van der Waals surface area contributed by atoms with Gasteiger partial charge in [-0.25, -0.2) is 4.98 Å². The first-order chi connectivity index (χ1) is 9.32. The van der Waals surface area contributed by atoms with Crippen LogP contribution >= 0.6 is 11.3 Å². The largest absolute Gasteiger partial charge is 0.368 e. The van der Waals surface area contributed by atoms with Crippen molar-refractivity contribution in [1.82, 2.24) is 10.3 Å². The van der Waals surface area contributed by atoms with Crippen molar-refractivity contribution in [3.63, 3.8) is 0 Å². The molecule has 0 amide bonds. The fraction of sp³-hybridized carbons (Fsp3) is 0.800. The predicted molar refractivity (Wildman–Crippen MR) is 78.6 cm³/mol. The summed E-state index contributed by atoms with van der Waals surface area (Å²) in [6, 6.07) is 0.640. The van der Waals surface area contributed by atoms with Crippen molar-refractivity contribution in [3.8, 4) is 0 Å². The van der Waals surface area contributed by atoms with Crippen molar-refractivity contribution >= 4 is 11.3 Å². The van der Waals surface area contributed by atoms with Crippen LogP contribution in [-0.4, -0.2) is 24.2 Å². The summed E-state index contributed by atoms with van der Waals surface area (Å²) in [5, 5.41) is 7.02. The van der Waals surface area contributed by atoms with E-state index >= 15 is 0 Å². The van der Waals surface area contributed by atoms with Crippen LogP contribution < -0.4 is 5.32 Å². The summed E-state index contributed by atoms with van der Waals surface area (Å²) in [7, 11) is 0. The molecule has 1 atom stereocenters. The minimum atomic E-state index is -0.0548. The van der Waals surface area contributed by atoms with Crippen LogP contribution in [0.15, 0.2) is 5.38 Å². The van der Waals surface area contributed by atoms with Gasteiger partial charge in [0, 0.05) is 24.4 Å². The first-order valence-electron chi connectivity index (χ1n) is 7.65. The lowest BCUT2D eigenvalue weighted by molar-refractivity contribution is -0.0392. The van der Waals surface area contributed by atoms with Crippen molar-refractivity contribution in [2.24, 2.45) is 0 Å².